The molecule has 1 saturated heterocycles. The number of anilines is 1. The van der Waals surface area contributed by atoms with E-state index in [0.29, 0.717) is 17.1 Å². The van der Waals surface area contributed by atoms with Crippen LogP contribution in [0.3, 0.4) is 0 Å². The minimum atomic E-state index is -1.29. The van der Waals surface area contributed by atoms with E-state index in [1.807, 2.05) is 30.3 Å². The predicted molar refractivity (Wildman–Crippen MR) is 121 cm³/mol. The van der Waals surface area contributed by atoms with E-state index in [2.05, 4.69) is 5.32 Å². The van der Waals surface area contributed by atoms with Gasteiger partial charge in [-0.25, -0.2) is 4.79 Å². The number of urea groups is 1. The van der Waals surface area contributed by atoms with Gasteiger partial charge in [0.15, 0.2) is 11.5 Å². The predicted octanol–water partition coefficient (Wildman–Crippen LogP) is 3.55. The van der Waals surface area contributed by atoms with E-state index in [9.17, 15) is 14.4 Å². The zero-order valence-corrected chi connectivity index (χ0v) is 18.6. The molecule has 33 heavy (non-hydrogen) atoms. The van der Waals surface area contributed by atoms with Crippen molar-refractivity contribution in [3.05, 3.63) is 54.1 Å². The number of nitrogens with zero attached hydrogens (tertiary/aromatic N) is 2. The molecule has 0 radical (unpaired) electrons. The highest BCUT2D eigenvalue weighted by Crippen LogP contribution is 2.38. The Morgan fingerprint density at radius 3 is 2.55 bits per heavy atom. The maximum atomic E-state index is 13.5. The van der Waals surface area contributed by atoms with Crippen LogP contribution < -0.4 is 19.7 Å². The summed E-state index contributed by atoms with van der Waals surface area (Å²) in [5.74, 6) is 0.401. The highest BCUT2D eigenvalue weighted by Gasteiger charge is 2.50. The van der Waals surface area contributed by atoms with Crippen LogP contribution in [0.15, 0.2) is 48.5 Å². The molecule has 172 valence electrons. The SMILES string of the molecule is C[C@@]1(c2ccc3c(c2)OCO3)NC(=O)N(CC(=O)N(c2ccccc2)C2CCCCC2)C1=O. The van der Waals surface area contributed by atoms with Gasteiger partial charge in [0.2, 0.25) is 12.7 Å². The Morgan fingerprint density at radius 1 is 1.06 bits per heavy atom. The average molecular weight is 450 g/mol. The van der Waals surface area contributed by atoms with E-state index in [1.54, 1.807) is 30.0 Å². The zero-order chi connectivity index (χ0) is 23.0. The highest BCUT2D eigenvalue weighted by atomic mass is 16.7. The first kappa shape index (κ1) is 21.3. The van der Waals surface area contributed by atoms with Crippen LogP contribution in [0.5, 0.6) is 11.5 Å². The first-order chi connectivity index (χ1) is 16.0. The molecule has 8 nitrogen and oxygen atoms in total. The molecule has 2 fully saturated rings. The Balaban J connectivity index is 1.39. The summed E-state index contributed by atoms with van der Waals surface area (Å²) in [4.78, 5) is 42.6. The van der Waals surface area contributed by atoms with E-state index in [-0.39, 0.29) is 25.3 Å². The second kappa shape index (κ2) is 8.42. The van der Waals surface area contributed by atoms with Crippen LogP contribution in [0.4, 0.5) is 10.5 Å². The second-order valence-electron chi connectivity index (χ2n) is 8.91. The van der Waals surface area contributed by atoms with Gasteiger partial charge in [0.25, 0.3) is 5.91 Å². The Bertz CT molecular complexity index is 1080. The van der Waals surface area contributed by atoms with Crippen molar-refractivity contribution in [2.24, 2.45) is 0 Å². The van der Waals surface area contributed by atoms with E-state index < -0.39 is 17.5 Å². The molecule has 3 aliphatic rings. The normalized spacial score (nSPS) is 22.4. The molecule has 1 saturated carbocycles. The van der Waals surface area contributed by atoms with Crippen molar-refractivity contribution in [3.63, 3.8) is 0 Å². The lowest BCUT2D eigenvalue weighted by Crippen LogP contribution is -2.48. The number of nitrogens with one attached hydrogen (secondary N) is 1. The molecule has 2 aromatic carbocycles. The molecule has 8 heteroatoms. The van der Waals surface area contributed by atoms with Crippen LogP contribution >= 0.6 is 0 Å². The van der Waals surface area contributed by atoms with E-state index in [1.165, 1.54) is 0 Å². The number of rotatable bonds is 5. The molecular weight excluding hydrogens is 422 g/mol. The van der Waals surface area contributed by atoms with E-state index in [4.69, 9.17) is 9.47 Å². The quantitative estimate of drug-likeness (QED) is 0.706. The van der Waals surface area contributed by atoms with E-state index >= 15 is 0 Å². The molecule has 5 rings (SSSR count). The van der Waals surface area contributed by atoms with Gasteiger partial charge in [-0.3, -0.25) is 14.5 Å². The lowest BCUT2D eigenvalue weighted by atomic mass is 9.91. The summed E-state index contributed by atoms with van der Waals surface area (Å²) >= 11 is 0. The second-order valence-corrected chi connectivity index (χ2v) is 8.91. The van der Waals surface area contributed by atoms with Crippen molar-refractivity contribution >= 4 is 23.5 Å². The Morgan fingerprint density at radius 2 is 1.79 bits per heavy atom. The van der Waals surface area contributed by atoms with Crippen molar-refractivity contribution < 1.29 is 23.9 Å². The van der Waals surface area contributed by atoms with Gasteiger partial charge in [-0.05, 0) is 49.6 Å². The molecule has 0 bridgehead atoms. The van der Waals surface area contributed by atoms with Crippen LogP contribution in [0.25, 0.3) is 0 Å². The molecule has 0 spiro atoms. The maximum absolute atomic E-state index is 13.5. The fraction of sp³-hybridized carbons (Fsp3) is 0.400. The van der Waals surface area contributed by atoms with Gasteiger partial charge in [-0.1, -0.05) is 43.5 Å². The van der Waals surface area contributed by atoms with Crippen molar-refractivity contribution in [3.8, 4) is 11.5 Å². The molecule has 2 aromatic rings. The minimum absolute atomic E-state index is 0.0645. The average Bonchev–Trinajstić information content (AvgIpc) is 3.39. The van der Waals surface area contributed by atoms with Crippen LogP contribution in [0.2, 0.25) is 0 Å². The summed E-state index contributed by atoms with van der Waals surface area (Å²) in [5, 5.41) is 2.77. The van der Waals surface area contributed by atoms with Crippen LogP contribution in [0.1, 0.15) is 44.6 Å². The largest absolute Gasteiger partial charge is 0.454 e. The molecule has 1 N–H and O–H groups in total. The highest BCUT2D eigenvalue weighted by molar-refractivity contribution is 6.10. The number of benzene rings is 2. The third-order valence-corrected chi connectivity index (χ3v) is 6.76. The van der Waals surface area contributed by atoms with Crippen LogP contribution in [0, 0.1) is 0 Å². The molecule has 0 aromatic heterocycles. The number of imide groups is 1. The Kier molecular flexibility index (Phi) is 5.44. The number of hydrogen-bond donors (Lipinski definition) is 1. The summed E-state index contributed by atoms with van der Waals surface area (Å²) in [6.45, 7) is 1.45. The number of ether oxygens (including phenoxy) is 2. The van der Waals surface area contributed by atoms with Gasteiger partial charge >= 0.3 is 6.03 Å². The Hall–Kier alpha value is -3.55. The fourth-order valence-corrected chi connectivity index (χ4v) is 4.94. The molecule has 2 heterocycles. The number of amides is 4. The van der Waals surface area contributed by atoms with Crippen LogP contribution in [-0.2, 0) is 15.1 Å². The summed E-state index contributed by atoms with van der Waals surface area (Å²) in [6, 6.07) is 14.1. The van der Waals surface area contributed by atoms with Crippen molar-refractivity contribution in [2.45, 2.75) is 50.6 Å². The topological polar surface area (TPSA) is 88.2 Å². The third-order valence-electron chi connectivity index (χ3n) is 6.76. The molecule has 1 aliphatic carbocycles. The van der Waals surface area contributed by atoms with Gasteiger partial charge in [0.05, 0.1) is 0 Å². The first-order valence-electron chi connectivity index (χ1n) is 11.4. The zero-order valence-electron chi connectivity index (χ0n) is 18.6. The third kappa shape index (κ3) is 3.79. The van der Waals surface area contributed by atoms with Gasteiger partial charge in [-0.2, -0.15) is 0 Å². The van der Waals surface area contributed by atoms with Crippen LogP contribution in [-0.4, -0.2) is 42.1 Å². The summed E-state index contributed by atoms with van der Waals surface area (Å²) in [7, 11) is 0. The van der Waals surface area contributed by atoms with Gasteiger partial charge in [0.1, 0.15) is 12.1 Å². The number of carbonyl (C=O) groups excluding carboxylic acids is 3. The van der Waals surface area contributed by atoms with Gasteiger partial charge in [0, 0.05) is 11.7 Å². The minimum Gasteiger partial charge on any atom is -0.454 e. The number of fused-ring (bicyclic) bond motifs is 1. The lowest BCUT2D eigenvalue weighted by Gasteiger charge is -2.35. The summed E-state index contributed by atoms with van der Waals surface area (Å²) < 4.78 is 10.8. The van der Waals surface area contributed by atoms with Crippen molar-refractivity contribution in [1.82, 2.24) is 10.2 Å². The number of para-hydroxylation sites is 1. The Labute approximate surface area is 192 Å². The monoisotopic (exact) mass is 449 g/mol. The summed E-state index contributed by atoms with van der Waals surface area (Å²) in [6.07, 6.45) is 5.11. The van der Waals surface area contributed by atoms with Crippen molar-refractivity contribution in [2.75, 3.05) is 18.2 Å². The molecular formula is C25H27N3O5. The summed E-state index contributed by atoms with van der Waals surface area (Å²) in [5.41, 5.74) is 0.0769. The van der Waals surface area contributed by atoms with Gasteiger partial charge < -0.3 is 19.7 Å². The molecule has 2 aliphatic heterocycles. The smallest absolute Gasteiger partial charge is 0.325 e. The fourth-order valence-electron chi connectivity index (χ4n) is 4.94. The van der Waals surface area contributed by atoms with E-state index in [0.717, 1.165) is 42.7 Å². The van der Waals surface area contributed by atoms with Crippen molar-refractivity contribution in [1.29, 1.82) is 0 Å². The molecule has 1 atom stereocenters. The lowest BCUT2D eigenvalue weighted by molar-refractivity contribution is -0.134. The number of carbonyl (C=O) groups is 3. The van der Waals surface area contributed by atoms with Gasteiger partial charge in [-0.15, -0.1) is 0 Å². The number of hydrogen-bond acceptors (Lipinski definition) is 5. The molecule has 0 unspecified atom stereocenters. The standard InChI is InChI=1S/C25H27N3O5/c1-25(17-12-13-20-21(14-17)33-16-32-20)23(30)27(24(31)26-25)15-22(29)28(18-8-4-2-5-9-18)19-10-6-3-7-11-19/h2,4-5,8-9,12-14,19H,3,6-7,10-11,15-16H2,1H3,(H,26,31)/t25-/m0/s1. The maximum Gasteiger partial charge on any atom is 0.325 e. The first-order valence-corrected chi connectivity index (χ1v) is 11.4. The molecule has 4 amide bonds.